The Bertz CT molecular complexity index is 1220. The number of hydrogen-bond donors (Lipinski definition) is 1. The highest BCUT2D eigenvalue weighted by Crippen LogP contribution is 2.45. The van der Waals surface area contributed by atoms with Crippen LogP contribution in [0.3, 0.4) is 0 Å². The summed E-state index contributed by atoms with van der Waals surface area (Å²) in [6.07, 6.45) is 0. The summed E-state index contributed by atoms with van der Waals surface area (Å²) in [6.45, 7) is 1.60. The number of thiophene rings is 1. The van der Waals surface area contributed by atoms with Crippen molar-refractivity contribution in [3.63, 3.8) is 0 Å². The summed E-state index contributed by atoms with van der Waals surface area (Å²) < 4.78 is 18.1. The maximum Gasteiger partial charge on any atom is 0.350 e. The third-order valence-corrected chi connectivity index (χ3v) is 6.80. The Morgan fingerprint density at radius 2 is 1.94 bits per heavy atom. The van der Waals surface area contributed by atoms with Crippen LogP contribution in [-0.4, -0.2) is 34.9 Å². The minimum atomic E-state index is -0.943. The lowest BCUT2D eigenvalue weighted by Crippen LogP contribution is -2.29. The van der Waals surface area contributed by atoms with Gasteiger partial charge in [-0.3, -0.25) is 14.5 Å². The van der Waals surface area contributed by atoms with Gasteiger partial charge in [0.2, 0.25) is 0 Å². The molecule has 31 heavy (non-hydrogen) atoms. The van der Waals surface area contributed by atoms with Gasteiger partial charge in [0.25, 0.3) is 5.78 Å². The average molecular weight is 458 g/mol. The molecule has 0 aliphatic carbocycles. The average Bonchev–Trinajstić information content (AvgIpc) is 3.47. The Morgan fingerprint density at radius 1 is 1.23 bits per heavy atom. The molecule has 1 aliphatic heterocycles. The largest absolute Gasteiger partial charge is 0.507 e. The molecule has 158 valence electrons. The number of hydrogen-bond acceptors (Lipinski definition) is 8. The van der Waals surface area contributed by atoms with Gasteiger partial charge in [0, 0.05) is 10.4 Å². The van der Waals surface area contributed by atoms with Gasteiger partial charge in [-0.2, -0.15) is 0 Å². The molecule has 1 aliphatic rings. The Morgan fingerprint density at radius 3 is 2.55 bits per heavy atom. The molecule has 0 bridgehead atoms. The molecule has 1 saturated heterocycles. The standard InChI is InChI=1S/C21H15FN2O5S2/c1-10-18(20(28)29-2)31-21(23-10)24-15(13-4-3-9-30-13)14(17(26)19(24)27)16(25)11-5-7-12(22)8-6-11/h3-9,15,25H,1-2H3/t15-/m0/s1. The first kappa shape index (κ1) is 20.9. The van der Waals surface area contributed by atoms with Gasteiger partial charge in [-0.15, -0.1) is 11.3 Å². The van der Waals surface area contributed by atoms with E-state index in [1.54, 1.807) is 24.4 Å². The molecule has 0 radical (unpaired) electrons. The fraction of sp³-hybridized carbons (Fsp3) is 0.143. The maximum absolute atomic E-state index is 13.3. The zero-order chi connectivity index (χ0) is 22.3. The zero-order valence-corrected chi connectivity index (χ0v) is 17.9. The Hall–Kier alpha value is -3.37. The number of anilines is 1. The number of esters is 1. The number of ether oxygens (including phenoxy) is 1. The molecule has 1 aromatic carbocycles. The first-order valence-corrected chi connectivity index (χ1v) is 10.7. The Kier molecular flexibility index (Phi) is 5.42. The molecule has 1 N–H and O–H groups in total. The predicted octanol–water partition coefficient (Wildman–Crippen LogP) is 4.07. The number of ketones is 1. The molecule has 3 heterocycles. The topological polar surface area (TPSA) is 96.8 Å². The van der Waals surface area contributed by atoms with Crippen molar-refractivity contribution < 1.29 is 28.6 Å². The molecule has 1 fully saturated rings. The number of aryl methyl sites for hydroxylation is 1. The molecular formula is C21H15FN2O5S2. The van der Waals surface area contributed by atoms with E-state index in [1.165, 1.54) is 35.5 Å². The number of carbonyl (C=O) groups is 3. The third-order valence-electron chi connectivity index (χ3n) is 4.74. The fourth-order valence-corrected chi connectivity index (χ4v) is 5.11. The van der Waals surface area contributed by atoms with Crippen molar-refractivity contribution >= 4 is 51.2 Å². The molecule has 0 saturated carbocycles. The molecule has 0 unspecified atom stereocenters. The number of Topliss-reactive ketones (excluding diaryl/α,β-unsaturated/α-hetero) is 1. The van der Waals surface area contributed by atoms with E-state index in [1.807, 2.05) is 0 Å². The SMILES string of the molecule is COC(=O)c1sc(N2C(=O)C(=O)C(=C(O)c3ccc(F)cc3)[C@@H]2c2cccs2)nc1C. The summed E-state index contributed by atoms with van der Waals surface area (Å²) in [7, 11) is 1.24. The molecule has 10 heteroatoms. The van der Waals surface area contributed by atoms with Crippen LogP contribution in [0.1, 0.15) is 31.8 Å². The van der Waals surface area contributed by atoms with Crippen molar-refractivity contribution in [2.45, 2.75) is 13.0 Å². The van der Waals surface area contributed by atoms with Gasteiger partial charge in [-0.25, -0.2) is 14.2 Å². The van der Waals surface area contributed by atoms with Crippen LogP contribution in [0.25, 0.3) is 5.76 Å². The van der Waals surface area contributed by atoms with Crippen LogP contribution in [0.4, 0.5) is 9.52 Å². The number of aliphatic hydroxyl groups excluding tert-OH is 1. The lowest BCUT2D eigenvalue weighted by molar-refractivity contribution is -0.132. The van der Waals surface area contributed by atoms with Crippen LogP contribution in [0.5, 0.6) is 0 Å². The van der Waals surface area contributed by atoms with Gasteiger partial charge in [-0.05, 0) is 42.6 Å². The van der Waals surface area contributed by atoms with Crippen LogP contribution in [0.2, 0.25) is 0 Å². The first-order valence-electron chi connectivity index (χ1n) is 8.99. The van der Waals surface area contributed by atoms with E-state index < -0.39 is 35.3 Å². The summed E-state index contributed by atoms with van der Waals surface area (Å²) in [6, 6.07) is 7.50. The monoisotopic (exact) mass is 458 g/mol. The number of nitrogens with zero attached hydrogens (tertiary/aromatic N) is 2. The van der Waals surface area contributed by atoms with E-state index in [9.17, 15) is 23.9 Å². The molecule has 7 nitrogen and oxygen atoms in total. The maximum atomic E-state index is 13.3. The van der Waals surface area contributed by atoms with E-state index in [2.05, 4.69) is 4.98 Å². The summed E-state index contributed by atoms with van der Waals surface area (Å²) in [5, 5.41) is 12.8. The molecule has 1 atom stereocenters. The molecule has 0 spiro atoms. The number of carbonyl (C=O) groups excluding carboxylic acids is 3. The quantitative estimate of drug-likeness (QED) is 0.274. The van der Waals surface area contributed by atoms with E-state index in [0.717, 1.165) is 23.5 Å². The molecular weight excluding hydrogens is 443 g/mol. The number of aliphatic hydroxyl groups is 1. The van der Waals surface area contributed by atoms with Crippen molar-refractivity contribution in [3.05, 3.63) is 74.2 Å². The van der Waals surface area contributed by atoms with E-state index in [0.29, 0.717) is 10.6 Å². The number of thiazole rings is 1. The minimum Gasteiger partial charge on any atom is -0.507 e. The smallest absolute Gasteiger partial charge is 0.350 e. The Labute approximate surface area is 184 Å². The Balaban J connectivity index is 1.90. The van der Waals surface area contributed by atoms with Gasteiger partial charge in [0.1, 0.15) is 22.5 Å². The van der Waals surface area contributed by atoms with Crippen LogP contribution in [0.15, 0.2) is 47.4 Å². The number of aromatic nitrogens is 1. The highest BCUT2D eigenvalue weighted by molar-refractivity contribution is 7.18. The number of amides is 1. The number of methoxy groups -OCH3 is 1. The third kappa shape index (κ3) is 3.53. The van der Waals surface area contributed by atoms with Gasteiger partial charge >= 0.3 is 11.9 Å². The zero-order valence-electron chi connectivity index (χ0n) is 16.3. The molecule has 3 aromatic rings. The van der Waals surface area contributed by atoms with E-state index in [-0.39, 0.29) is 21.1 Å². The van der Waals surface area contributed by atoms with Crippen LogP contribution < -0.4 is 4.90 Å². The summed E-state index contributed by atoms with van der Waals surface area (Å²) in [5.41, 5.74) is 0.426. The second kappa shape index (κ2) is 8.05. The predicted molar refractivity (Wildman–Crippen MR) is 114 cm³/mol. The van der Waals surface area contributed by atoms with Gasteiger partial charge in [0.05, 0.1) is 18.4 Å². The number of rotatable bonds is 4. The number of benzene rings is 1. The van der Waals surface area contributed by atoms with Gasteiger partial charge in [0.15, 0.2) is 5.13 Å². The highest BCUT2D eigenvalue weighted by atomic mass is 32.1. The summed E-state index contributed by atoms with van der Waals surface area (Å²) in [5.74, 6) is -3.29. The molecule has 1 amide bonds. The van der Waals surface area contributed by atoms with E-state index in [4.69, 9.17) is 4.74 Å². The second-order valence-corrected chi connectivity index (χ2v) is 8.55. The van der Waals surface area contributed by atoms with E-state index >= 15 is 0 Å². The van der Waals surface area contributed by atoms with Crippen molar-refractivity contribution in [2.75, 3.05) is 12.0 Å². The lowest BCUT2D eigenvalue weighted by atomic mass is 10.00. The second-order valence-electron chi connectivity index (χ2n) is 6.59. The van der Waals surface area contributed by atoms with Gasteiger partial charge in [-0.1, -0.05) is 17.4 Å². The lowest BCUT2D eigenvalue weighted by Gasteiger charge is -2.21. The normalized spacial score (nSPS) is 17.9. The highest BCUT2D eigenvalue weighted by Gasteiger charge is 2.48. The first-order chi connectivity index (χ1) is 14.8. The number of halogens is 1. The fourth-order valence-electron chi connectivity index (χ4n) is 3.28. The van der Waals surface area contributed by atoms with Crippen molar-refractivity contribution in [2.24, 2.45) is 0 Å². The van der Waals surface area contributed by atoms with Crippen molar-refractivity contribution in [3.8, 4) is 0 Å². The van der Waals surface area contributed by atoms with Crippen molar-refractivity contribution in [1.82, 2.24) is 4.98 Å². The van der Waals surface area contributed by atoms with Crippen LogP contribution in [-0.2, 0) is 14.3 Å². The van der Waals surface area contributed by atoms with Gasteiger partial charge < -0.3 is 9.84 Å². The molecule has 4 rings (SSSR count). The van der Waals surface area contributed by atoms with Crippen LogP contribution >= 0.6 is 22.7 Å². The summed E-state index contributed by atoms with van der Waals surface area (Å²) >= 11 is 2.22. The minimum absolute atomic E-state index is 0.133. The van der Waals surface area contributed by atoms with Crippen LogP contribution in [0, 0.1) is 12.7 Å². The summed E-state index contributed by atoms with van der Waals surface area (Å²) in [4.78, 5) is 44.3. The molecule has 2 aromatic heterocycles. The van der Waals surface area contributed by atoms with Crippen molar-refractivity contribution in [1.29, 1.82) is 0 Å².